The molecule has 5 nitrogen and oxygen atoms in total. The average molecular weight is 182 g/mol. The number of aromatic amines is 1. The van der Waals surface area contributed by atoms with Crippen molar-refractivity contribution in [1.82, 2.24) is 15.5 Å². The summed E-state index contributed by atoms with van der Waals surface area (Å²) in [4.78, 5) is 11.2. The molecule has 1 aromatic rings. The van der Waals surface area contributed by atoms with Crippen molar-refractivity contribution >= 4 is 5.91 Å². The van der Waals surface area contributed by atoms with E-state index in [1.54, 1.807) is 6.20 Å². The average Bonchev–Trinajstić information content (AvgIpc) is 2.48. The third-order valence-electron chi connectivity index (χ3n) is 1.75. The van der Waals surface area contributed by atoms with Gasteiger partial charge in [-0.25, -0.2) is 0 Å². The van der Waals surface area contributed by atoms with E-state index in [0.717, 1.165) is 11.3 Å². The van der Waals surface area contributed by atoms with Crippen molar-refractivity contribution in [3.8, 4) is 0 Å². The van der Waals surface area contributed by atoms with Gasteiger partial charge in [-0.2, -0.15) is 5.10 Å². The van der Waals surface area contributed by atoms with Gasteiger partial charge in [-0.3, -0.25) is 9.89 Å². The van der Waals surface area contributed by atoms with Crippen LogP contribution in [0.4, 0.5) is 0 Å². The van der Waals surface area contributed by atoms with E-state index in [0.29, 0.717) is 19.5 Å². The van der Waals surface area contributed by atoms with Gasteiger partial charge in [0, 0.05) is 24.3 Å². The highest BCUT2D eigenvalue weighted by atomic mass is 16.1. The standard InChI is InChI=1S/C8H14N4O/c1-6-7(5-11-12-6)4-8(13)10-3-2-9/h5H,2-4,9H2,1H3,(H,10,13)(H,11,12). The molecule has 0 aromatic carbocycles. The first-order valence-corrected chi connectivity index (χ1v) is 4.19. The van der Waals surface area contributed by atoms with Crippen LogP contribution in [-0.2, 0) is 11.2 Å². The smallest absolute Gasteiger partial charge is 0.224 e. The van der Waals surface area contributed by atoms with Crippen molar-refractivity contribution in [3.05, 3.63) is 17.5 Å². The Morgan fingerprint density at radius 2 is 2.54 bits per heavy atom. The molecule has 0 spiro atoms. The lowest BCUT2D eigenvalue weighted by molar-refractivity contribution is -0.120. The van der Waals surface area contributed by atoms with Crippen molar-refractivity contribution in [3.63, 3.8) is 0 Å². The highest BCUT2D eigenvalue weighted by molar-refractivity contribution is 5.78. The molecule has 0 saturated heterocycles. The lowest BCUT2D eigenvalue weighted by atomic mass is 10.2. The van der Waals surface area contributed by atoms with E-state index in [2.05, 4.69) is 15.5 Å². The minimum absolute atomic E-state index is 0.0186. The third kappa shape index (κ3) is 2.87. The van der Waals surface area contributed by atoms with Gasteiger partial charge in [0.1, 0.15) is 0 Å². The fraction of sp³-hybridized carbons (Fsp3) is 0.500. The van der Waals surface area contributed by atoms with Gasteiger partial charge in [-0.1, -0.05) is 0 Å². The number of nitrogens with one attached hydrogen (secondary N) is 2. The molecule has 0 radical (unpaired) electrons. The first kappa shape index (κ1) is 9.73. The van der Waals surface area contributed by atoms with Crippen LogP contribution < -0.4 is 11.1 Å². The number of amides is 1. The zero-order valence-corrected chi connectivity index (χ0v) is 7.63. The van der Waals surface area contributed by atoms with E-state index in [1.165, 1.54) is 0 Å². The molecular weight excluding hydrogens is 168 g/mol. The molecule has 1 amide bonds. The molecule has 0 saturated carbocycles. The Balaban J connectivity index is 2.41. The molecule has 13 heavy (non-hydrogen) atoms. The van der Waals surface area contributed by atoms with Crippen LogP contribution in [0.15, 0.2) is 6.20 Å². The number of aryl methyl sites for hydroxylation is 1. The van der Waals surface area contributed by atoms with Crippen molar-refractivity contribution in [2.45, 2.75) is 13.3 Å². The van der Waals surface area contributed by atoms with Crippen LogP contribution in [0.2, 0.25) is 0 Å². The SMILES string of the molecule is Cc1[nH]ncc1CC(=O)NCCN. The Kier molecular flexibility index (Phi) is 3.45. The van der Waals surface area contributed by atoms with Crippen LogP contribution in [0.3, 0.4) is 0 Å². The monoisotopic (exact) mass is 182 g/mol. The van der Waals surface area contributed by atoms with E-state index in [1.807, 2.05) is 6.92 Å². The van der Waals surface area contributed by atoms with Gasteiger partial charge in [0.2, 0.25) is 5.91 Å². The normalized spacial score (nSPS) is 10.0. The summed E-state index contributed by atoms with van der Waals surface area (Å²) in [5, 5.41) is 9.29. The van der Waals surface area contributed by atoms with Crippen molar-refractivity contribution in [2.24, 2.45) is 5.73 Å². The third-order valence-corrected chi connectivity index (χ3v) is 1.75. The molecule has 1 rings (SSSR count). The van der Waals surface area contributed by atoms with Crippen LogP contribution in [0.1, 0.15) is 11.3 Å². The summed E-state index contributed by atoms with van der Waals surface area (Å²) in [5.41, 5.74) is 7.11. The number of carbonyl (C=O) groups is 1. The number of nitrogens with zero attached hydrogens (tertiary/aromatic N) is 1. The second-order valence-corrected chi connectivity index (χ2v) is 2.84. The largest absolute Gasteiger partial charge is 0.355 e. The molecule has 0 fully saturated rings. The Bertz CT molecular complexity index is 281. The topological polar surface area (TPSA) is 83.8 Å². The van der Waals surface area contributed by atoms with Crippen molar-refractivity contribution in [1.29, 1.82) is 0 Å². The fourth-order valence-electron chi connectivity index (χ4n) is 1.00. The first-order chi connectivity index (χ1) is 6.24. The lowest BCUT2D eigenvalue weighted by Crippen LogP contribution is -2.30. The molecule has 1 heterocycles. The van der Waals surface area contributed by atoms with E-state index in [9.17, 15) is 4.79 Å². The molecule has 0 aliphatic heterocycles. The Labute approximate surface area is 76.7 Å². The Morgan fingerprint density at radius 1 is 1.77 bits per heavy atom. The van der Waals surface area contributed by atoms with Crippen molar-refractivity contribution in [2.75, 3.05) is 13.1 Å². The van der Waals surface area contributed by atoms with Crippen LogP contribution >= 0.6 is 0 Å². The molecular formula is C8H14N4O. The zero-order chi connectivity index (χ0) is 9.68. The summed E-state index contributed by atoms with van der Waals surface area (Å²) in [6.07, 6.45) is 2.03. The summed E-state index contributed by atoms with van der Waals surface area (Å²) >= 11 is 0. The molecule has 0 unspecified atom stereocenters. The van der Waals surface area contributed by atoms with Gasteiger partial charge < -0.3 is 11.1 Å². The molecule has 4 N–H and O–H groups in total. The second kappa shape index (κ2) is 4.61. The maximum Gasteiger partial charge on any atom is 0.224 e. The predicted molar refractivity (Wildman–Crippen MR) is 49.1 cm³/mol. The minimum atomic E-state index is -0.0186. The van der Waals surface area contributed by atoms with Crippen molar-refractivity contribution < 1.29 is 4.79 Å². The summed E-state index contributed by atoms with van der Waals surface area (Å²) in [6, 6.07) is 0. The summed E-state index contributed by atoms with van der Waals surface area (Å²) < 4.78 is 0. The van der Waals surface area contributed by atoms with Gasteiger partial charge in [0.15, 0.2) is 0 Å². The molecule has 0 bridgehead atoms. The second-order valence-electron chi connectivity index (χ2n) is 2.84. The molecule has 0 aliphatic rings. The number of H-pyrrole nitrogens is 1. The van der Waals surface area contributed by atoms with Gasteiger partial charge in [0.25, 0.3) is 0 Å². The van der Waals surface area contributed by atoms with Gasteiger partial charge in [0.05, 0.1) is 12.6 Å². The highest BCUT2D eigenvalue weighted by Crippen LogP contribution is 2.02. The van der Waals surface area contributed by atoms with E-state index >= 15 is 0 Å². The maximum absolute atomic E-state index is 11.2. The highest BCUT2D eigenvalue weighted by Gasteiger charge is 2.05. The summed E-state index contributed by atoms with van der Waals surface area (Å²) in [7, 11) is 0. The number of hydrogen-bond donors (Lipinski definition) is 3. The van der Waals surface area contributed by atoms with Gasteiger partial charge in [-0.05, 0) is 6.92 Å². The van der Waals surface area contributed by atoms with E-state index in [4.69, 9.17) is 5.73 Å². The summed E-state index contributed by atoms with van der Waals surface area (Å²) in [5.74, 6) is -0.0186. The Hall–Kier alpha value is -1.36. The van der Waals surface area contributed by atoms with Gasteiger partial charge in [-0.15, -0.1) is 0 Å². The van der Waals surface area contributed by atoms with E-state index < -0.39 is 0 Å². The number of carbonyl (C=O) groups excluding carboxylic acids is 1. The van der Waals surface area contributed by atoms with E-state index in [-0.39, 0.29) is 5.91 Å². The predicted octanol–water partition coefficient (Wildman–Crippen LogP) is -0.664. The first-order valence-electron chi connectivity index (χ1n) is 4.19. The minimum Gasteiger partial charge on any atom is -0.355 e. The quantitative estimate of drug-likeness (QED) is 0.577. The zero-order valence-electron chi connectivity index (χ0n) is 7.63. The number of hydrogen-bond acceptors (Lipinski definition) is 3. The fourth-order valence-corrected chi connectivity index (χ4v) is 1.00. The van der Waals surface area contributed by atoms with Crippen LogP contribution in [0, 0.1) is 6.92 Å². The maximum atomic E-state index is 11.2. The van der Waals surface area contributed by atoms with Crippen LogP contribution in [0.5, 0.6) is 0 Å². The lowest BCUT2D eigenvalue weighted by Gasteiger charge is -2.01. The molecule has 5 heteroatoms. The molecule has 0 atom stereocenters. The number of rotatable bonds is 4. The molecule has 1 aromatic heterocycles. The van der Waals surface area contributed by atoms with Crippen LogP contribution in [-0.4, -0.2) is 29.2 Å². The van der Waals surface area contributed by atoms with Gasteiger partial charge >= 0.3 is 0 Å². The number of nitrogens with two attached hydrogens (primary N) is 1. The number of aromatic nitrogens is 2. The summed E-state index contributed by atoms with van der Waals surface area (Å²) in [6.45, 7) is 2.88. The Morgan fingerprint density at radius 3 is 3.08 bits per heavy atom. The molecule has 72 valence electrons. The molecule has 0 aliphatic carbocycles. The van der Waals surface area contributed by atoms with Crippen LogP contribution in [0.25, 0.3) is 0 Å².